The van der Waals surface area contributed by atoms with Crippen LogP contribution in [0.3, 0.4) is 0 Å². The van der Waals surface area contributed by atoms with Crippen LogP contribution < -0.4 is 15.5 Å². The molecule has 1 fully saturated rings. The lowest BCUT2D eigenvalue weighted by Gasteiger charge is -2.26. The van der Waals surface area contributed by atoms with Crippen molar-refractivity contribution >= 4 is 33.2 Å². The van der Waals surface area contributed by atoms with E-state index in [9.17, 15) is 4.79 Å². The van der Waals surface area contributed by atoms with Gasteiger partial charge < -0.3 is 15.5 Å². The van der Waals surface area contributed by atoms with Gasteiger partial charge in [-0.15, -0.1) is 0 Å². The van der Waals surface area contributed by atoms with Crippen molar-refractivity contribution in [1.29, 1.82) is 0 Å². The fourth-order valence-electron chi connectivity index (χ4n) is 3.53. The molecule has 114 valence electrons. The van der Waals surface area contributed by atoms with Crippen molar-refractivity contribution in [3.05, 3.63) is 22.2 Å². The predicted molar refractivity (Wildman–Crippen MR) is 89.8 cm³/mol. The van der Waals surface area contributed by atoms with Crippen LogP contribution in [0.2, 0.25) is 0 Å². The first kappa shape index (κ1) is 14.9. The molecule has 1 amide bonds. The number of hydrogen-bond donors (Lipinski definition) is 2. The number of anilines is 2. The Morgan fingerprint density at radius 1 is 1.43 bits per heavy atom. The second-order valence-corrected chi connectivity index (χ2v) is 7.07. The van der Waals surface area contributed by atoms with Gasteiger partial charge in [-0.3, -0.25) is 4.79 Å². The summed E-state index contributed by atoms with van der Waals surface area (Å²) in [5.41, 5.74) is 3.16. The van der Waals surface area contributed by atoms with Gasteiger partial charge in [0.05, 0.1) is 5.69 Å². The molecule has 2 N–H and O–H groups in total. The molecule has 21 heavy (non-hydrogen) atoms. The lowest BCUT2D eigenvalue weighted by Crippen LogP contribution is -2.27. The average Bonchev–Trinajstić information content (AvgIpc) is 2.90. The minimum absolute atomic E-state index is 0.0405. The van der Waals surface area contributed by atoms with Gasteiger partial charge >= 0.3 is 0 Å². The minimum atomic E-state index is -0.231. The molecule has 0 spiro atoms. The lowest BCUT2D eigenvalue weighted by atomic mass is 10.1. The van der Waals surface area contributed by atoms with Gasteiger partial charge in [0.15, 0.2) is 0 Å². The fraction of sp³-hybridized carbons (Fsp3) is 0.562. The van der Waals surface area contributed by atoms with Crippen LogP contribution in [-0.4, -0.2) is 25.0 Å². The molecule has 0 aliphatic carbocycles. The largest absolute Gasteiger partial charge is 0.368 e. The van der Waals surface area contributed by atoms with Gasteiger partial charge in [0.1, 0.15) is 6.04 Å². The summed E-state index contributed by atoms with van der Waals surface area (Å²) >= 11 is 3.70. The molecule has 2 aliphatic rings. The lowest BCUT2D eigenvalue weighted by molar-refractivity contribution is -0.117. The fourth-order valence-corrected chi connectivity index (χ4v) is 4.12. The van der Waals surface area contributed by atoms with Crippen LogP contribution in [0.25, 0.3) is 0 Å². The van der Waals surface area contributed by atoms with Gasteiger partial charge in [-0.2, -0.15) is 0 Å². The summed E-state index contributed by atoms with van der Waals surface area (Å²) in [6.45, 7) is 8.42. The summed E-state index contributed by atoms with van der Waals surface area (Å²) in [5.74, 6) is 0.753. The van der Waals surface area contributed by atoms with E-state index in [0.717, 1.165) is 28.8 Å². The molecule has 0 saturated carbocycles. The quantitative estimate of drug-likeness (QED) is 0.878. The molecular weight excluding hydrogens is 330 g/mol. The molecule has 5 heteroatoms. The monoisotopic (exact) mass is 351 g/mol. The number of amides is 1. The standard InChI is InChI=1S/C16H22BrN3O/c1-4-18-15-11-6-12(17)14(7-13(11)19-16(15)21)20-8-9(2)5-10(20)3/h6-7,9-10,15,18H,4-5,8H2,1-3H3,(H,19,21). The zero-order valence-electron chi connectivity index (χ0n) is 12.7. The third kappa shape index (κ3) is 2.57. The van der Waals surface area contributed by atoms with Crippen LogP contribution in [0.4, 0.5) is 11.4 Å². The van der Waals surface area contributed by atoms with E-state index in [1.54, 1.807) is 0 Å². The number of fused-ring (bicyclic) bond motifs is 1. The third-order valence-corrected chi connectivity index (χ3v) is 5.09. The number of hydrogen-bond acceptors (Lipinski definition) is 3. The SMILES string of the molecule is CCNC1C(=O)Nc2cc(N3CC(C)CC3C)c(Br)cc21. The Hall–Kier alpha value is -1.07. The van der Waals surface area contributed by atoms with Gasteiger partial charge in [-0.05, 0) is 53.9 Å². The van der Waals surface area contributed by atoms with Crippen molar-refractivity contribution in [2.24, 2.45) is 5.92 Å². The first-order valence-corrected chi connectivity index (χ1v) is 8.44. The van der Waals surface area contributed by atoms with E-state index in [4.69, 9.17) is 0 Å². The normalized spacial score (nSPS) is 27.9. The van der Waals surface area contributed by atoms with Crippen LogP contribution >= 0.6 is 15.9 Å². The number of carbonyl (C=O) groups is 1. The summed E-state index contributed by atoms with van der Waals surface area (Å²) in [6, 6.07) is 4.51. The highest BCUT2D eigenvalue weighted by molar-refractivity contribution is 9.10. The van der Waals surface area contributed by atoms with Crippen LogP contribution in [0.5, 0.6) is 0 Å². The molecule has 1 saturated heterocycles. The Morgan fingerprint density at radius 3 is 2.81 bits per heavy atom. The van der Waals surface area contributed by atoms with Crippen molar-refractivity contribution in [1.82, 2.24) is 5.32 Å². The number of likely N-dealkylation sites (N-methyl/N-ethyl adjacent to an activating group) is 1. The van der Waals surface area contributed by atoms with E-state index in [0.29, 0.717) is 12.0 Å². The van der Waals surface area contributed by atoms with Crippen LogP contribution in [0.1, 0.15) is 38.8 Å². The molecule has 3 atom stereocenters. The maximum absolute atomic E-state index is 12.1. The third-order valence-electron chi connectivity index (χ3n) is 4.45. The van der Waals surface area contributed by atoms with E-state index in [1.807, 2.05) is 6.92 Å². The van der Waals surface area contributed by atoms with Crippen molar-refractivity contribution < 1.29 is 4.79 Å². The number of nitrogens with one attached hydrogen (secondary N) is 2. The zero-order valence-corrected chi connectivity index (χ0v) is 14.3. The van der Waals surface area contributed by atoms with Gasteiger partial charge in [0, 0.05) is 28.3 Å². The molecule has 2 aliphatic heterocycles. The maximum Gasteiger partial charge on any atom is 0.246 e. The van der Waals surface area contributed by atoms with Crippen molar-refractivity contribution in [2.75, 3.05) is 23.3 Å². The second kappa shape index (κ2) is 5.61. The first-order valence-electron chi connectivity index (χ1n) is 7.65. The Balaban J connectivity index is 1.96. The summed E-state index contributed by atoms with van der Waals surface area (Å²) in [7, 11) is 0. The van der Waals surface area contributed by atoms with E-state index in [1.165, 1.54) is 12.1 Å². The maximum atomic E-state index is 12.1. The van der Waals surface area contributed by atoms with Gasteiger partial charge in [-0.1, -0.05) is 13.8 Å². The predicted octanol–water partition coefficient (Wildman–Crippen LogP) is 3.29. The number of carbonyl (C=O) groups excluding carboxylic acids is 1. The summed E-state index contributed by atoms with van der Waals surface area (Å²) in [5, 5.41) is 6.24. The summed E-state index contributed by atoms with van der Waals surface area (Å²) < 4.78 is 1.07. The van der Waals surface area contributed by atoms with Gasteiger partial charge in [0.25, 0.3) is 0 Å². The Kier molecular flexibility index (Phi) is 3.97. The highest BCUT2D eigenvalue weighted by Gasteiger charge is 2.33. The molecule has 0 aromatic heterocycles. The number of nitrogens with zero attached hydrogens (tertiary/aromatic N) is 1. The highest BCUT2D eigenvalue weighted by atomic mass is 79.9. The van der Waals surface area contributed by atoms with Gasteiger partial charge in [0.2, 0.25) is 5.91 Å². The number of rotatable bonds is 3. The van der Waals surface area contributed by atoms with E-state index in [2.05, 4.69) is 57.4 Å². The Morgan fingerprint density at radius 2 is 2.19 bits per heavy atom. The van der Waals surface area contributed by atoms with Crippen molar-refractivity contribution in [3.63, 3.8) is 0 Å². The average molecular weight is 352 g/mol. The topological polar surface area (TPSA) is 44.4 Å². The minimum Gasteiger partial charge on any atom is -0.368 e. The van der Waals surface area contributed by atoms with Crippen molar-refractivity contribution in [3.8, 4) is 0 Å². The molecule has 1 aromatic rings. The summed E-state index contributed by atoms with van der Waals surface area (Å²) in [6.07, 6.45) is 1.22. The van der Waals surface area contributed by atoms with E-state index >= 15 is 0 Å². The molecular formula is C16H22BrN3O. The zero-order chi connectivity index (χ0) is 15.1. The smallest absolute Gasteiger partial charge is 0.246 e. The van der Waals surface area contributed by atoms with Crippen LogP contribution in [0.15, 0.2) is 16.6 Å². The van der Waals surface area contributed by atoms with E-state index < -0.39 is 0 Å². The Bertz CT molecular complexity index is 575. The number of benzene rings is 1. The molecule has 2 heterocycles. The molecule has 4 nitrogen and oxygen atoms in total. The van der Waals surface area contributed by atoms with Gasteiger partial charge in [-0.25, -0.2) is 0 Å². The second-order valence-electron chi connectivity index (χ2n) is 6.21. The molecule has 3 rings (SSSR count). The molecule has 0 bridgehead atoms. The molecule has 3 unspecified atom stereocenters. The van der Waals surface area contributed by atoms with E-state index in [-0.39, 0.29) is 11.9 Å². The molecule has 1 aromatic carbocycles. The Labute approximate surface area is 134 Å². The molecule has 0 radical (unpaired) electrons. The van der Waals surface area contributed by atoms with Crippen molar-refractivity contribution in [2.45, 2.75) is 39.3 Å². The highest BCUT2D eigenvalue weighted by Crippen LogP contribution is 2.41. The van der Waals surface area contributed by atoms with Crippen LogP contribution in [0, 0.1) is 5.92 Å². The first-order chi connectivity index (χ1) is 10.0. The number of halogens is 1. The summed E-state index contributed by atoms with van der Waals surface area (Å²) in [4.78, 5) is 14.5. The van der Waals surface area contributed by atoms with Crippen LogP contribution in [-0.2, 0) is 4.79 Å².